The molecule has 11 nitrogen and oxygen atoms in total. The summed E-state index contributed by atoms with van der Waals surface area (Å²) in [6.45, 7) is 6.83. The summed E-state index contributed by atoms with van der Waals surface area (Å²) in [5.74, 6) is 4.06. The highest BCUT2D eigenvalue weighted by Crippen LogP contribution is 2.35. The van der Waals surface area contributed by atoms with Crippen LogP contribution in [0.1, 0.15) is 32.1 Å². The van der Waals surface area contributed by atoms with Crippen LogP contribution >= 0.6 is 21.6 Å². The van der Waals surface area contributed by atoms with Crippen molar-refractivity contribution >= 4 is 39.7 Å². The number of aromatic nitrogens is 2. The molecule has 3 atom stereocenters. The van der Waals surface area contributed by atoms with Gasteiger partial charge in [0.1, 0.15) is 24.9 Å². The molecule has 2 heterocycles. The van der Waals surface area contributed by atoms with Gasteiger partial charge in [0.15, 0.2) is 5.82 Å². The van der Waals surface area contributed by atoms with Crippen molar-refractivity contribution in [2.75, 3.05) is 46.4 Å². The number of carbonyl (C=O) groups excluding carboxylic acids is 1. The highest BCUT2D eigenvalue weighted by molar-refractivity contribution is 8.77. The fourth-order valence-electron chi connectivity index (χ4n) is 3.29. The van der Waals surface area contributed by atoms with Crippen LogP contribution in [0.5, 0.6) is 0 Å². The average Bonchev–Trinajstić information content (AvgIpc) is 3.31. The molecule has 1 aromatic heterocycles. The number of aliphatic hydroxyl groups is 1. The van der Waals surface area contributed by atoms with Crippen LogP contribution in [0.2, 0.25) is 0 Å². The lowest BCUT2D eigenvalue weighted by atomic mass is 10.2. The van der Waals surface area contributed by atoms with E-state index >= 15 is 0 Å². The number of aliphatic hydroxyl groups excluding tert-OH is 1. The first-order valence-corrected chi connectivity index (χ1v) is 14.6. The Labute approximate surface area is 244 Å². The summed E-state index contributed by atoms with van der Waals surface area (Å²) in [4.78, 5) is 33.8. The molecule has 2 rings (SSSR count). The van der Waals surface area contributed by atoms with Gasteiger partial charge in [-0.2, -0.15) is 18.2 Å². The number of amides is 1. The molecule has 0 bridgehead atoms. The second-order valence-electron chi connectivity index (χ2n) is 9.49. The maximum absolute atomic E-state index is 12.8. The first-order valence-electron chi connectivity index (χ1n) is 12.3. The Morgan fingerprint density at radius 1 is 1.44 bits per heavy atom. The third-order valence-electron chi connectivity index (χ3n) is 5.19. The molecule has 2 N–H and O–H groups in total. The van der Waals surface area contributed by atoms with Gasteiger partial charge in [0.2, 0.25) is 0 Å². The lowest BCUT2D eigenvalue weighted by Gasteiger charge is -2.23. The molecule has 0 spiro atoms. The van der Waals surface area contributed by atoms with Gasteiger partial charge in [-0.15, -0.1) is 6.58 Å². The second kappa shape index (κ2) is 16.2. The van der Waals surface area contributed by atoms with Crippen molar-refractivity contribution < 1.29 is 37.3 Å². The Morgan fingerprint density at radius 3 is 2.80 bits per heavy atom. The highest BCUT2D eigenvalue weighted by Gasteiger charge is 2.39. The number of hydrogen-bond donors (Lipinski definition) is 2. The Hall–Kier alpha value is -2.55. The van der Waals surface area contributed by atoms with Gasteiger partial charge in [0.05, 0.1) is 31.2 Å². The normalized spacial score (nSPS) is 19.2. The van der Waals surface area contributed by atoms with Gasteiger partial charge >= 0.3 is 17.8 Å². The molecule has 1 aromatic rings. The van der Waals surface area contributed by atoms with Crippen molar-refractivity contribution in [1.29, 1.82) is 0 Å². The lowest BCUT2D eigenvalue weighted by molar-refractivity contribution is -0.173. The molecule has 1 fully saturated rings. The van der Waals surface area contributed by atoms with Gasteiger partial charge < -0.3 is 29.5 Å². The summed E-state index contributed by atoms with van der Waals surface area (Å²) >= 11 is 0. The van der Waals surface area contributed by atoms with Crippen molar-refractivity contribution in [3.8, 4) is 11.8 Å². The Kier molecular flexibility index (Phi) is 13.7. The molecule has 16 heteroatoms. The van der Waals surface area contributed by atoms with Crippen LogP contribution in [0.4, 0.5) is 19.0 Å². The fraction of sp³-hybridized carbons (Fsp3) is 0.600. The first kappa shape index (κ1) is 34.7. The standard InChI is InChI=1S/C25H34F3N5O6S2/c1-6-9-38-18-11-20(39-19(18)13-34)33-12-17(21(31-23(33)36)30-15-32(4)5)8-7-10-37-16-40-41-24(2,3)14-29-22(35)25(26,27)28/h6,12,15,18-20,34H,1,9-11,13-14,16H2,2-5H3,(H,29,35)/t18?,19-,20-/m1/s1. The smallest absolute Gasteiger partial charge is 0.394 e. The molecule has 41 heavy (non-hydrogen) atoms. The van der Waals surface area contributed by atoms with Gasteiger partial charge in [0.25, 0.3) is 0 Å². The third-order valence-corrected chi connectivity index (χ3v) is 8.16. The highest BCUT2D eigenvalue weighted by atomic mass is 33.1. The molecule has 0 radical (unpaired) electrons. The number of aliphatic imine (C=N–C) groups is 1. The van der Waals surface area contributed by atoms with Gasteiger partial charge in [-0.1, -0.05) is 39.5 Å². The lowest BCUT2D eigenvalue weighted by Crippen LogP contribution is -2.42. The quantitative estimate of drug-likeness (QED) is 0.0609. The monoisotopic (exact) mass is 621 g/mol. The van der Waals surface area contributed by atoms with Gasteiger partial charge in [-0.05, 0) is 13.8 Å². The van der Waals surface area contributed by atoms with E-state index in [1.165, 1.54) is 38.7 Å². The second-order valence-corrected chi connectivity index (χ2v) is 12.4. The maximum atomic E-state index is 12.8. The summed E-state index contributed by atoms with van der Waals surface area (Å²) in [6, 6.07) is 0. The van der Waals surface area contributed by atoms with Crippen molar-refractivity contribution in [3.63, 3.8) is 0 Å². The van der Waals surface area contributed by atoms with Crippen LogP contribution < -0.4 is 11.0 Å². The summed E-state index contributed by atoms with van der Waals surface area (Å²) in [6.07, 6.45) is -1.86. The number of nitrogens with one attached hydrogen (secondary N) is 1. The minimum absolute atomic E-state index is 0.0126. The van der Waals surface area contributed by atoms with E-state index in [1.54, 1.807) is 38.9 Å². The molecular formula is C25H34F3N5O6S2. The Morgan fingerprint density at radius 2 is 2.17 bits per heavy atom. The average molecular weight is 622 g/mol. The molecule has 228 valence electrons. The molecule has 1 amide bonds. The van der Waals surface area contributed by atoms with E-state index in [9.17, 15) is 27.9 Å². The topological polar surface area (TPSA) is 128 Å². The van der Waals surface area contributed by atoms with Crippen LogP contribution in [-0.2, 0) is 19.0 Å². The largest absolute Gasteiger partial charge is 0.471 e. The van der Waals surface area contributed by atoms with Crippen molar-refractivity contribution in [1.82, 2.24) is 19.8 Å². The molecule has 0 aromatic carbocycles. The van der Waals surface area contributed by atoms with Crippen LogP contribution in [0.15, 0.2) is 28.6 Å². The van der Waals surface area contributed by atoms with Gasteiger partial charge in [0, 0.05) is 38.0 Å². The number of alkyl halides is 3. The van der Waals surface area contributed by atoms with E-state index in [-0.39, 0.29) is 38.1 Å². The molecule has 1 aliphatic rings. The molecule has 0 saturated carbocycles. The predicted molar refractivity (Wildman–Crippen MR) is 152 cm³/mol. The number of rotatable bonds is 14. The zero-order valence-corrected chi connectivity index (χ0v) is 24.8. The van der Waals surface area contributed by atoms with E-state index in [1.807, 2.05) is 5.32 Å². The molecule has 1 saturated heterocycles. The van der Waals surface area contributed by atoms with Crippen LogP contribution in [0, 0.1) is 11.8 Å². The SMILES string of the molecule is C=CCOC1C[C@H](n2cc(C#CCOCSSC(C)(C)CNC(=O)C(F)(F)F)c(N=CN(C)C)nc2=O)O[C@@H]1CO. The predicted octanol–water partition coefficient (Wildman–Crippen LogP) is 2.48. The van der Waals surface area contributed by atoms with Crippen molar-refractivity contribution in [2.24, 2.45) is 4.99 Å². The van der Waals surface area contributed by atoms with Gasteiger partial charge in [-0.3, -0.25) is 9.36 Å². The number of carbonyl (C=O) groups is 1. The molecule has 1 aliphatic heterocycles. The molecular weight excluding hydrogens is 587 g/mol. The number of halogens is 3. The molecule has 1 unspecified atom stereocenters. The molecule has 0 aliphatic carbocycles. The summed E-state index contributed by atoms with van der Waals surface area (Å²) in [7, 11) is 6.05. The van der Waals surface area contributed by atoms with Crippen molar-refractivity contribution in [2.45, 2.75) is 49.6 Å². The fourth-order valence-corrected chi connectivity index (χ4v) is 5.42. The zero-order chi connectivity index (χ0) is 30.6. The van der Waals surface area contributed by atoms with Crippen LogP contribution in [0.3, 0.4) is 0 Å². The number of nitrogens with zero attached hydrogens (tertiary/aromatic N) is 4. The van der Waals surface area contributed by atoms with E-state index in [0.29, 0.717) is 12.0 Å². The first-order chi connectivity index (χ1) is 19.3. The van der Waals surface area contributed by atoms with E-state index in [0.717, 1.165) is 0 Å². The van der Waals surface area contributed by atoms with E-state index < -0.39 is 41.0 Å². The number of hydrogen-bond acceptors (Lipinski definition) is 10. The Balaban J connectivity index is 2.04. The summed E-state index contributed by atoms with van der Waals surface area (Å²) < 4.78 is 54.7. The van der Waals surface area contributed by atoms with Crippen LogP contribution in [0.25, 0.3) is 0 Å². The Bertz CT molecular complexity index is 1180. The maximum Gasteiger partial charge on any atom is 0.471 e. The minimum atomic E-state index is -4.93. The number of ether oxygens (including phenoxy) is 3. The van der Waals surface area contributed by atoms with E-state index in [4.69, 9.17) is 14.2 Å². The minimum Gasteiger partial charge on any atom is -0.394 e. The van der Waals surface area contributed by atoms with E-state index in [2.05, 4.69) is 28.4 Å². The van der Waals surface area contributed by atoms with Gasteiger partial charge in [-0.25, -0.2) is 9.79 Å². The summed E-state index contributed by atoms with van der Waals surface area (Å²) in [5, 5.41) is 11.5. The van der Waals surface area contributed by atoms with Crippen LogP contribution in [-0.4, -0.2) is 101 Å². The zero-order valence-electron chi connectivity index (χ0n) is 23.1. The summed E-state index contributed by atoms with van der Waals surface area (Å²) in [5.41, 5.74) is -0.263. The third kappa shape index (κ3) is 11.7. The van der Waals surface area contributed by atoms with Crippen molar-refractivity contribution in [3.05, 3.63) is 34.9 Å².